The second kappa shape index (κ2) is 5.98. The molecule has 0 saturated carbocycles. The molecule has 1 aromatic heterocycles. The van der Waals surface area contributed by atoms with Crippen LogP contribution >= 0.6 is 27.3 Å². The van der Waals surface area contributed by atoms with Crippen molar-refractivity contribution in [2.45, 2.75) is 25.8 Å². The van der Waals surface area contributed by atoms with Crippen LogP contribution in [0.15, 0.2) is 15.9 Å². The highest BCUT2D eigenvalue weighted by atomic mass is 79.9. The van der Waals surface area contributed by atoms with Crippen molar-refractivity contribution in [3.8, 4) is 0 Å². The second-order valence-corrected chi connectivity index (χ2v) is 5.96. The van der Waals surface area contributed by atoms with Crippen LogP contribution in [0.4, 0.5) is 0 Å². The summed E-state index contributed by atoms with van der Waals surface area (Å²) in [7, 11) is 0. The molecule has 2 rings (SSSR count). The molecular weight excluding hydrogens is 300 g/mol. The molecule has 1 saturated heterocycles. The molecule has 1 atom stereocenters. The lowest BCUT2D eigenvalue weighted by Gasteiger charge is -2.33. The molecule has 1 aromatic rings. The van der Waals surface area contributed by atoms with Gasteiger partial charge in [-0.3, -0.25) is 4.79 Å². The molecular formula is C12H17BrN2OS. The summed E-state index contributed by atoms with van der Waals surface area (Å²) in [6.07, 6.45) is 2.26. The van der Waals surface area contributed by atoms with Gasteiger partial charge in [0, 0.05) is 23.6 Å². The quantitative estimate of drug-likeness (QED) is 0.930. The van der Waals surface area contributed by atoms with E-state index in [1.165, 1.54) is 11.3 Å². The van der Waals surface area contributed by atoms with Crippen LogP contribution in [0.2, 0.25) is 0 Å². The fourth-order valence-corrected chi connectivity index (χ4v) is 3.74. The maximum atomic E-state index is 12.4. The fraction of sp³-hybridized carbons (Fsp3) is 0.583. The largest absolute Gasteiger partial charge is 0.334 e. The summed E-state index contributed by atoms with van der Waals surface area (Å²) in [6.45, 7) is 4.82. The van der Waals surface area contributed by atoms with Crippen LogP contribution in [0, 0.1) is 0 Å². The van der Waals surface area contributed by atoms with Crippen molar-refractivity contribution >= 4 is 33.2 Å². The molecule has 2 heterocycles. The van der Waals surface area contributed by atoms with E-state index in [1.807, 2.05) is 23.3 Å². The lowest BCUT2D eigenvalue weighted by Crippen LogP contribution is -2.48. The molecule has 5 heteroatoms. The van der Waals surface area contributed by atoms with E-state index in [-0.39, 0.29) is 5.91 Å². The predicted octanol–water partition coefficient (Wildman–Crippen LogP) is 2.72. The number of carbonyl (C=O) groups is 1. The fourth-order valence-electron chi connectivity index (χ4n) is 2.24. The first-order valence-electron chi connectivity index (χ1n) is 5.98. The lowest BCUT2D eigenvalue weighted by molar-refractivity contribution is 0.0666. The molecule has 0 bridgehead atoms. The number of nitrogens with zero attached hydrogens (tertiary/aromatic N) is 1. The summed E-state index contributed by atoms with van der Waals surface area (Å²) in [4.78, 5) is 15.2. The van der Waals surface area contributed by atoms with E-state index in [2.05, 4.69) is 21.2 Å². The highest BCUT2D eigenvalue weighted by molar-refractivity contribution is 9.10. The minimum absolute atomic E-state index is 0.156. The standard InChI is InChI=1S/C12H17BrN2OS/c1-2-15(9-4-3-6-14-8-9)12(16)11-10(13)5-7-17-11/h5,7,9,14H,2-4,6,8H2,1H3. The molecule has 0 aliphatic carbocycles. The molecule has 0 aromatic carbocycles. The Balaban J connectivity index is 2.12. The SMILES string of the molecule is CCN(C(=O)c1sccc1Br)C1CCCNC1. The number of amides is 1. The number of hydrogen-bond donors (Lipinski definition) is 1. The minimum atomic E-state index is 0.156. The van der Waals surface area contributed by atoms with Crippen molar-refractivity contribution in [1.29, 1.82) is 0 Å². The van der Waals surface area contributed by atoms with Crippen LogP contribution in [0.5, 0.6) is 0 Å². The van der Waals surface area contributed by atoms with E-state index < -0.39 is 0 Å². The van der Waals surface area contributed by atoms with Gasteiger partial charge in [0.15, 0.2) is 0 Å². The molecule has 1 amide bonds. The highest BCUT2D eigenvalue weighted by Crippen LogP contribution is 2.25. The zero-order chi connectivity index (χ0) is 12.3. The molecule has 94 valence electrons. The van der Waals surface area contributed by atoms with E-state index in [4.69, 9.17) is 0 Å². The van der Waals surface area contributed by atoms with Crippen LogP contribution in [-0.2, 0) is 0 Å². The van der Waals surface area contributed by atoms with Gasteiger partial charge >= 0.3 is 0 Å². The zero-order valence-electron chi connectivity index (χ0n) is 9.91. The van der Waals surface area contributed by atoms with Crippen LogP contribution in [0.1, 0.15) is 29.4 Å². The lowest BCUT2D eigenvalue weighted by atomic mass is 10.1. The number of nitrogens with one attached hydrogen (secondary N) is 1. The van der Waals surface area contributed by atoms with Crippen molar-refractivity contribution in [1.82, 2.24) is 10.2 Å². The Morgan fingerprint density at radius 2 is 2.53 bits per heavy atom. The van der Waals surface area contributed by atoms with Crippen molar-refractivity contribution < 1.29 is 4.79 Å². The van der Waals surface area contributed by atoms with Crippen LogP contribution in [-0.4, -0.2) is 36.5 Å². The van der Waals surface area contributed by atoms with Gasteiger partial charge < -0.3 is 10.2 Å². The monoisotopic (exact) mass is 316 g/mol. The Hall–Kier alpha value is -0.390. The molecule has 3 nitrogen and oxygen atoms in total. The van der Waals surface area contributed by atoms with E-state index in [0.717, 1.165) is 41.8 Å². The first-order chi connectivity index (χ1) is 8.24. The average Bonchev–Trinajstić information content (AvgIpc) is 2.77. The van der Waals surface area contributed by atoms with Crippen molar-refractivity contribution in [2.75, 3.05) is 19.6 Å². The van der Waals surface area contributed by atoms with Crippen molar-refractivity contribution in [3.63, 3.8) is 0 Å². The molecule has 1 N–H and O–H groups in total. The first-order valence-corrected chi connectivity index (χ1v) is 7.66. The third-order valence-corrected chi connectivity index (χ3v) is 4.95. The van der Waals surface area contributed by atoms with Gasteiger partial charge in [-0.2, -0.15) is 0 Å². The smallest absolute Gasteiger partial charge is 0.265 e. The number of carbonyl (C=O) groups excluding carboxylic acids is 1. The average molecular weight is 317 g/mol. The molecule has 0 spiro atoms. The van der Waals surface area contributed by atoms with E-state index in [1.54, 1.807) is 0 Å². The normalized spacial score (nSPS) is 20.2. The van der Waals surface area contributed by atoms with Gasteiger partial charge in [0.25, 0.3) is 5.91 Å². The highest BCUT2D eigenvalue weighted by Gasteiger charge is 2.26. The maximum absolute atomic E-state index is 12.4. The van der Waals surface area contributed by atoms with Crippen molar-refractivity contribution in [2.24, 2.45) is 0 Å². The summed E-state index contributed by atoms with van der Waals surface area (Å²) in [5, 5.41) is 5.31. The first kappa shape index (κ1) is 13.1. The van der Waals surface area contributed by atoms with Crippen molar-refractivity contribution in [3.05, 3.63) is 20.8 Å². The molecule has 17 heavy (non-hydrogen) atoms. The van der Waals surface area contributed by atoms with Gasteiger partial charge in [-0.1, -0.05) is 0 Å². The van der Waals surface area contributed by atoms with E-state index in [9.17, 15) is 4.79 Å². The topological polar surface area (TPSA) is 32.3 Å². The number of halogens is 1. The Morgan fingerprint density at radius 1 is 1.71 bits per heavy atom. The summed E-state index contributed by atoms with van der Waals surface area (Å²) < 4.78 is 0.912. The van der Waals surface area contributed by atoms with Gasteiger partial charge in [0.2, 0.25) is 0 Å². The molecule has 1 fully saturated rings. The third-order valence-electron chi connectivity index (χ3n) is 3.12. The molecule has 0 radical (unpaired) electrons. The Kier molecular flexibility index (Phi) is 4.59. The number of likely N-dealkylation sites (N-methyl/N-ethyl adjacent to an activating group) is 1. The van der Waals surface area contributed by atoms with Gasteiger partial charge in [0.05, 0.1) is 0 Å². The second-order valence-electron chi connectivity index (χ2n) is 4.19. The Bertz CT molecular complexity index is 388. The Labute approximate surface area is 114 Å². The number of hydrogen-bond acceptors (Lipinski definition) is 3. The Morgan fingerprint density at radius 3 is 3.06 bits per heavy atom. The van der Waals surface area contributed by atoms with Gasteiger partial charge in [-0.15, -0.1) is 11.3 Å². The number of piperidine rings is 1. The summed E-state index contributed by atoms with van der Waals surface area (Å²) in [5.74, 6) is 0.156. The van der Waals surface area contributed by atoms with E-state index in [0.29, 0.717) is 6.04 Å². The van der Waals surface area contributed by atoms with Gasteiger partial charge in [-0.25, -0.2) is 0 Å². The van der Waals surface area contributed by atoms with E-state index >= 15 is 0 Å². The number of rotatable bonds is 3. The predicted molar refractivity (Wildman–Crippen MR) is 74.6 cm³/mol. The third kappa shape index (κ3) is 2.89. The summed E-state index contributed by atoms with van der Waals surface area (Å²) in [5.41, 5.74) is 0. The summed E-state index contributed by atoms with van der Waals surface area (Å²) >= 11 is 4.94. The molecule has 1 aliphatic rings. The minimum Gasteiger partial charge on any atom is -0.334 e. The number of thiophene rings is 1. The zero-order valence-corrected chi connectivity index (χ0v) is 12.3. The van der Waals surface area contributed by atoms with Crippen LogP contribution < -0.4 is 5.32 Å². The van der Waals surface area contributed by atoms with Crippen LogP contribution in [0.25, 0.3) is 0 Å². The molecule has 1 unspecified atom stereocenters. The van der Waals surface area contributed by atoms with Crippen LogP contribution in [0.3, 0.4) is 0 Å². The summed E-state index contributed by atoms with van der Waals surface area (Å²) in [6, 6.07) is 2.28. The van der Waals surface area contributed by atoms with Gasteiger partial charge in [0.1, 0.15) is 4.88 Å². The van der Waals surface area contributed by atoms with Gasteiger partial charge in [-0.05, 0) is 53.7 Å². The maximum Gasteiger partial charge on any atom is 0.265 e. The molecule has 1 aliphatic heterocycles.